The van der Waals surface area contributed by atoms with Gasteiger partial charge in [0.25, 0.3) is 0 Å². The summed E-state index contributed by atoms with van der Waals surface area (Å²) in [6.45, 7) is 0.995. The van der Waals surface area contributed by atoms with Crippen LogP contribution in [0.2, 0.25) is 0 Å². The molecule has 2 N–H and O–H groups in total. The van der Waals surface area contributed by atoms with Crippen LogP contribution in [0.3, 0.4) is 0 Å². The van der Waals surface area contributed by atoms with Crippen molar-refractivity contribution in [2.75, 3.05) is 13.6 Å². The molecule has 2 aromatic rings. The van der Waals surface area contributed by atoms with Crippen molar-refractivity contribution in [3.05, 3.63) is 42.2 Å². The average molecular weight is 217 g/mol. The molecule has 0 aliphatic carbocycles. The van der Waals surface area contributed by atoms with Gasteiger partial charge in [-0.1, -0.05) is 18.2 Å². The van der Waals surface area contributed by atoms with Crippen LogP contribution in [0.4, 0.5) is 0 Å². The molecule has 0 amide bonds. The van der Waals surface area contributed by atoms with Crippen molar-refractivity contribution < 1.29 is 9.94 Å². The number of hydrogen-bond donors (Lipinski definition) is 2. The summed E-state index contributed by atoms with van der Waals surface area (Å²) in [6.07, 6.45) is 5.57. The van der Waals surface area contributed by atoms with E-state index in [0.29, 0.717) is 0 Å². The van der Waals surface area contributed by atoms with Crippen LogP contribution in [0.15, 0.2) is 36.7 Å². The third kappa shape index (κ3) is 2.31. The van der Waals surface area contributed by atoms with E-state index in [4.69, 9.17) is 0 Å². The molecule has 0 radical (unpaired) electrons. The van der Waals surface area contributed by atoms with Gasteiger partial charge in [-0.05, 0) is 37.9 Å². The molecule has 0 unspecified atom stereocenters. The van der Waals surface area contributed by atoms with E-state index in [-0.39, 0.29) is 0 Å². The van der Waals surface area contributed by atoms with Crippen molar-refractivity contribution >= 4 is 10.8 Å². The quantitative estimate of drug-likeness (QED) is 0.463. The van der Waals surface area contributed by atoms with E-state index in [2.05, 4.69) is 11.4 Å². The first-order chi connectivity index (χ1) is 7.81. The summed E-state index contributed by atoms with van der Waals surface area (Å²) >= 11 is 0. The minimum Gasteiger partial charge on any atom is -0.320 e. The maximum absolute atomic E-state index is 9.57. The van der Waals surface area contributed by atoms with Crippen molar-refractivity contribution in [2.24, 2.45) is 0 Å². The van der Waals surface area contributed by atoms with Gasteiger partial charge in [0.2, 0.25) is 12.4 Å². The van der Waals surface area contributed by atoms with Crippen molar-refractivity contribution in [2.45, 2.75) is 12.8 Å². The molecule has 0 bridgehead atoms. The van der Waals surface area contributed by atoms with Gasteiger partial charge >= 0.3 is 0 Å². The summed E-state index contributed by atoms with van der Waals surface area (Å²) in [5.74, 6) is 0. The van der Waals surface area contributed by atoms with Gasteiger partial charge in [0.1, 0.15) is 0 Å². The highest BCUT2D eigenvalue weighted by Gasteiger charge is 2.08. The zero-order valence-electron chi connectivity index (χ0n) is 9.48. The van der Waals surface area contributed by atoms with Crippen LogP contribution < -0.4 is 10.0 Å². The maximum Gasteiger partial charge on any atom is 0.230 e. The summed E-state index contributed by atoms with van der Waals surface area (Å²) < 4.78 is 1.15. The summed E-state index contributed by atoms with van der Waals surface area (Å²) in [5.41, 5.74) is 1.19. The molecular formula is C13H17N2O+. The van der Waals surface area contributed by atoms with E-state index in [0.717, 1.165) is 29.5 Å². The first-order valence-electron chi connectivity index (χ1n) is 5.58. The first-order valence-corrected chi connectivity index (χ1v) is 5.58. The van der Waals surface area contributed by atoms with Gasteiger partial charge in [-0.2, -0.15) is 0 Å². The van der Waals surface area contributed by atoms with E-state index in [1.165, 1.54) is 10.9 Å². The normalized spacial score (nSPS) is 10.8. The molecule has 0 aliphatic heterocycles. The smallest absolute Gasteiger partial charge is 0.230 e. The van der Waals surface area contributed by atoms with Crippen molar-refractivity contribution in [1.29, 1.82) is 0 Å². The molecular weight excluding hydrogens is 200 g/mol. The third-order valence-corrected chi connectivity index (χ3v) is 2.74. The summed E-state index contributed by atoms with van der Waals surface area (Å²) in [4.78, 5) is 0. The number of nitrogens with one attached hydrogen (secondary N) is 1. The topological polar surface area (TPSA) is 36.1 Å². The van der Waals surface area contributed by atoms with Crippen LogP contribution in [-0.2, 0) is 6.42 Å². The van der Waals surface area contributed by atoms with E-state index in [1.807, 2.05) is 25.2 Å². The largest absolute Gasteiger partial charge is 0.320 e. The standard InChI is InChI=1S/C13H17N2O/c1-14-8-4-6-12-10-15(16)9-11-5-2-3-7-13(11)12/h2-3,5,7,9-10,14,16H,4,6,8H2,1H3/q+1. The van der Waals surface area contributed by atoms with E-state index < -0.39 is 0 Å². The number of hydrogen-bond acceptors (Lipinski definition) is 2. The van der Waals surface area contributed by atoms with Gasteiger partial charge in [0.15, 0.2) is 0 Å². The molecule has 0 spiro atoms. The van der Waals surface area contributed by atoms with Gasteiger partial charge in [-0.15, -0.1) is 0 Å². The van der Waals surface area contributed by atoms with Gasteiger partial charge in [-0.3, -0.25) is 5.21 Å². The Morgan fingerprint density at radius 1 is 1.25 bits per heavy atom. The second-order valence-electron chi connectivity index (χ2n) is 3.96. The Hall–Kier alpha value is -1.61. The van der Waals surface area contributed by atoms with Crippen LogP contribution in [0.1, 0.15) is 12.0 Å². The summed E-state index contributed by atoms with van der Waals surface area (Å²) in [5, 5.41) is 15.0. The van der Waals surface area contributed by atoms with Gasteiger partial charge in [-0.25, -0.2) is 0 Å². The second kappa shape index (κ2) is 4.94. The summed E-state index contributed by atoms with van der Waals surface area (Å²) in [6, 6.07) is 8.14. The lowest BCUT2D eigenvalue weighted by Crippen LogP contribution is -2.29. The second-order valence-corrected chi connectivity index (χ2v) is 3.96. The lowest BCUT2D eigenvalue weighted by atomic mass is 10.0. The predicted molar refractivity (Wildman–Crippen MR) is 63.6 cm³/mol. The highest BCUT2D eigenvalue weighted by Crippen LogP contribution is 2.17. The minimum absolute atomic E-state index is 0.975. The fourth-order valence-electron chi connectivity index (χ4n) is 1.97. The molecule has 1 heterocycles. The van der Waals surface area contributed by atoms with Gasteiger partial charge in [0.05, 0.1) is 5.39 Å². The fourth-order valence-corrected chi connectivity index (χ4v) is 1.97. The van der Waals surface area contributed by atoms with Crippen molar-refractivity contribution in [3.8, 4) is 0 Å². The first kappa shape index (κ1) is 10.9. The predicted octanol–water partition coefficient (Wildman–Crippen LogP) is 1.52. The van der Waals surface area contributed by atoms with Crippen LogP contribution in [-0.4, -0.2) is 18.8 Å². The molecule has 0 fully saturated rings. The molecule has 0 saturated carbocycles. The number of pyridine rings is 1. The average Bonchev–Trinajstić information content (AvgIpc) is 2.29. The molecule has 3 nitrogen and oxygen atoms in total. The highest BCUT2D eigenvalue weighted by molar-refractivity contribution is 5.83. The van der Waals surface area contributed by atoms with Gasteiger partial charge < -0.3 is 5.32 Å². The Balaban J connectivity index is 2.34. The highest BCUT2D eigenvalue weighted by atomic mass is 16.5. The zero-order chi connectivity index (χ0) is 11.4. The molecule has 0 aliphatic rings. The zero-order valence-corrected chi connectivity index (χ0v) is 9.48. The lowest BCUT2D eigenvalue weighted by Gasteiger charge is -2.03. The molecule has 0 atom stereocenters. The number of fused-ring (bicyclic) bond motifs is 1. The molecule has 0 saturated heterocycles. The molecule has 84 valence electrons. The van der Waals surface area contributed by atoms with Crippen LogP contribution in [0, 0.1) is 0 Å². The maximum atomic E-state index is 9.57. The fraction of sp³-hybridized carbons (Fsp3) is 0.308. The lowest BCUT2D eigenvalue weighted by molar-refractivity contribution is -0.904. The molecule has 3 heteroatoms. The Morgan fingerprint density at radius 3 is 2.88 bits per heavy atom. The molecule has 16 heavy (non-hydrogen) atoms. The number of aryl methyl sites for hydroxylation is 1. The Kier molecular flexibility index (Phi) is 3.37. The molecule has 2 rings (SSSR count). The van der Waals surface area contributed by atoms with E-state index >= 15 is 0 Å². The number of nitrogens with zero attached hydrogens (tertiary/aromatic N) is 1. The summed E-state index contributed by atoms with van der Waals surface area (Å²) in [7, 11) is 1.95. The number of benzene rings is 1. The number of rotatable bonds is 4. The molecule has 1 aromatic heterocycles. The third-order valence-electron chi connectivity index (χ3n) is 2.74. The SMILES string of the molecule is CNCCCc1c[n+](O)cc2ccccc12. The van der Waals surface area contributed by atoms with Crippen LogP contribution in [0.25, 0.3) is 10.8 Å². The Morgan fingerprint density at radius 2 is 2.06 bits per heavy atom. The minimum atomic E-state index is 0.975. The number of aromatic nitrogens is 1. The van der Waals surface area contributed by atoms with Gasteiger partial charge in [0, 0.05) is 10.3 Å². The molecule has 1 aromatic carbocycles. The van der Waals surface area contributed by atoms with Crippen LogP contribution in [0.5, 0.6) is 0 Å². The van der Waals surface area contributed by atoms with Crippen molar-refractivity contribution in [3.63, 3.8) is 0 Å². The monoisotopic (exact) mass is 217 g/mol. The Bertz CT molecular complexity index is 482. The van der Waals surface area contributed by atoms with Crippen molar-refractivity contribution in [1.82, 2.24) is 5.32 Å². The van der Waals surface area contributed by atoms with E-state index in [9.17, 15) is 5.21 Å². The Labute approximate surface area is 95.3 Å². The van der Waals surface area contributed by atoms with Crippen LogP contribution >= 0.6 is 0 Å². The van der Waals surface area contributed by atoms with E-state index in [1.54, 1.807) is 12.4 Å².